The molecule has 4 rings (SSSR count). The van der Waals surface area contributed by atoms with E-state index in [4.69, 9.17) is 5.11 Å². The Morgan fingerprint density at radius 2 is 1.64 bits per heavy atom. The minimum atomic E-state index is -2.54. The number of carbonyl (C=O) groups is 1. The lowest BCUT2D eigenvalue weighted by molar-refractivity contribution is -0.231. The zero-order valence-corrected chi connectivity index (χ0v) is 18.3. The maximum Gasteiger partial charge on any atom is 0.303 e. The third-order valence-corrected chi connectivity index (χ3v) is 9.48. The Hall–Kier alpha value is -0.670. The topological polar surface area (TPSA) is 37.3 Å². The van der Waals surface area contributed by atoms with Crippen molar-refractivity contribution in [3.63, 3.8) is 0 Å². The van der Waals surface area contributed by atoms with E-state index in [1.54, 1.807) is 0 Å². The van der Waals surface area contributed by atoms with Crippen LogP contribution in [0.5, 0.6) is 0 Å². The lowest BCUT2D eigenvalue weighted by Crippen LogP contribution is -2.60. The summed E-state index contributed by atoms with van der Waals surface area (Å²) in [5, 5.41) is 9.07. The van der Waals surface area contributed by atoms with Gasteiger partial charge in [-0.25, -0.2) is 8.78 Å². The van der Waals surface area contributed by atoms with Gasteiger partial charge in [-0.15, -0.1) is 0 Å². The fourth-order valence-corrected chi connectivity index (χ4v) is 8.07. The molecule has 28 heavy (non-hydrogen) atoms. The van der Waals surface area contributed by atoms with Crippen molar-refractivity contribution in [2.75, 3.05) is 0 Å². The number of hydrogen-bond acceptors (Lipinski definition) is 1. The Kier molecular flexibility index (Phi) is 6.19. The van der Waals surface area contributed by atoms with Gasteiger partial charge in [0.25, 0.3) is 5.92 Å². The molecule has 0 spiro atoms. The Morgan fingerprint density at radius 1 is 0.964 bits per heavy atom. The number of hydrogen-bond donors (Lipinski definition) is 1. The molecule has 0 saturated heterocycles. The minimum absolute atomic E-state index is 0.0785. The van der Waals surface area contributed by atoms with Gasteiger partial charge in [0, 0.05) is 18.8 Å². The van der Waals surface area contributed by atoms with Crippen LogP contribution in [0.1, 0.15) is 98.3 Å². The van der Waals surface area contributed by atoms with Crippen LogP contribution in [0, 0.1) is 40.4 Å². The molecule has 0 radical (unpaired) electrons. The second-order valence-corrected chi connectivity index (χ2v) is 10.4. The number of carboxylic acids is 1. The number of carboxylic acid groups (broad SMARTS) is 1. The SMILES string of the molecule is CC.CC12CCC3C(C1CCC2CCC(=O)O)C(F)(F)CC1CCCCC13C. The van der Waals surface area contributed by atoms with Crippen LogP contribution in [0.2, 0.25) is 0 Å². The van der Waals surface area contributed by atoms with E-state index in [-0.39, 0.29) is 41.4 Å². The van der Waals surface area contributed by atoms with E-state index in [9.17, 15) is 4.79 Å². The molecular weight excluding hydrogens is 358 g/mol. The maximum atomic E-state index is 15.4. The molecule has 4 saturated carbocycles. The van der Waals surface area contributed by atoms with Crippen molar-refractivity contribution in [2.24, 2.45) is 40.4 Å². The lowest BCUT2D eigenvalue weighted by Gasteiger charge is -2.62. The van der Waals surface area contributed by atoms with Crippen molar-refractivity contribution in [1.82, 2.24) is 0 Å². The summed E-state index contributed by atoms with van der Waals surface area (Å²) in [4.78, 5) is 11.0. The fourth-order valence-electron chi connectivity index (χ4n) is 8.07. The molecule has 162 valence electrons. The van der Waals surface area contributed by atoms with Gasteiger partial charge in [0.1, 0.15) is 0 Å². The monoisotopic (exact) mass is 398 g/mol. The predicted molar refractivity (Wildman–Crippen MR) is 108 cm³/mol. The second kappa shape index (κ2) is 7.87. The van der Waals surface area contributed by atoms with E-state index in [1.165, 1.54) is 6.42 Å². The summed E-state index contributed by atoms with van der Waals surface area (Å²) in [5.41, 5.74) is 0.0169. The molecular formula is C24H40F2O2. The summed E-state index contributed by atoms with van der Waals surface area (Å²) < 4.78 is 30.9. The second-order valence-electron chi connectivity index (χ2n) is 10.4. The van der Waals surface area contributed by atoms with Crippen LogP contribution in [0.25, 0.3) is 0 Å². The van der Waals surface area contributed by atoms with Crippen molar-refractivity contribution in [1.29, 1.82) is 0 Å². The standard InChI is InChI=1S/C22H34F2O2.C2H6/c1-20-11-4-3-5-15(20)13-22(23,24)19-16-8-6-14(7-9-18(25)26)21(16,2)12-10-17(19)20;1-2/h14-17,19H,3-13H2,1-2H3,(H,25,26);1-2H3. The molecule has 7 atom stereocenters. The maximum absolute atomic E-state index is 15.4. The van der Waals surface area contributed by atoms with Crippen LogP contribution in [-0.4, -0.2) is 17.0 Å². The first-order valence-corrected chi connectivity index (χ1v) is 11.8. The Labute approximate surface area is 169 Å². The number of rotatable bonds is 3. The average molecular weight is 399 g/mol. The highest BCUT2D eigenvalue weighted by Crippen LogP contribution is 2.70. The first-order valence-electron chi connectivity index (χ1n) is 11.8. The quantitative estimate of drug-likeness (QED) is 0.547. The van der Waals surface area contributed by atoms with E-state index in [1.807, 2.05) is 13.8 Å². The molecule has 2 nitrogen and oxygen atoms in total. The van der Waals surface area contributed by atoms with Crippen molar-refractivity contribution >= 4 is 5.97 Å². The van der Waals surface area contributed by atoms with Crippen LogP contribution < -0.4 is 0 Å². The Balaban J connectivity index is 0.00000109. The number of fused-ring (bicyclic) bond motifs is 5. The van der Waals surface area contributed by atoms with Crippen molar-refractivity contribution in [2.45, 2.75) is 104 Å². The molecule has 4 aliphatic rings. The molecule has 0 heterocycles. The molecule has 4 heteroatoms. The highest BCUT2D eigenvalue weighted by molar-refractivity contribution is 5.66. The molecule has 4 aliphatic carbocycles. The number of halogens is 2. The summed E-state index contributed by atoms with van der Waals surface area (Å²) in [5.74, 6) is -3.04. The van der Waals surface area contributed by atoms with Gasteiger partial charge in [-0.05, 0) is 79.4 Å². The van der Waals surface area contributed by atoms with Gasteiger partial charge in [0.05, 0.1) is 0 Å². The zero-order valence-electron chi connectivity index (χ0n) is 18.3. The van der Waals surface area contributed by atoms with Gasteiger partial charge in [-0.2, -0.15) is 0 Å². The lowest BCUT2D eigenvalue weighted by atomic mass is 9.44. The fraction of sp³-hybridized carbons (Fsp3) is 0.958. The molecule has 0 aromatic rings. The van der Waals surface area contributed by atoms with E-state index in [2.05, 4.69) is 13.8 Å². The van der Waals surface area contributed by atoms with Gasteiger partial charge < -0.3 is 5.11 Å². The van der Waals surface area contributed by atoms with Crippen LogP contribution in [0.3, 0.4) is 0 Å². The zero-order chi connectivity index (χ0) is 20.7. The van der Waals surface area contributed by atoms with Crippen molar-refractivity contribution in [3.05, 3.63) is 0 Å². The summed E-state index contributed by atoms with van der Waals surface area (Å²) in [7, 11) is 0. The predicted octanol–water partition coefficient (Wildman–Crippen LogP) is 7.17. The summed E-state index contributed by atoms with van der Waals surface area (Å²) in [6, 6.07) is 0. The van der Waals surface area contributed by atoms with Gasteiger partial charge in [0.2, 0.25) is 0 Å². The largest absolute Gasteiger partial charge is 0.481 e. The Morgan fingerprint density at radius 3 is 2.32 bits per heavy atom. The molecule has 0 aliphatic heterocycles. The van der Waals surface area contributed by atoms with Gasteiger partial charge in [0.15, 0.2) is 0 Å². The number of aliphatic carboxylic acids is 1. The molecule has 4 fully saturated rings. The van der Waals surface area contributed by atoms with Gasteiger partial charge in [-0.1, -0.05) is 40.5 Å². The highest BCUT2D eigenvalue weighted by Gasteiger charge is 2.67. The van der Waals surface area contributed by atoms with Crippen molar-refractivity contribution < 1.29 is 18.7 Å². The molecule has 0 bridgehead atoms. The normalized spacial score (nSPS) is 46.4. The summed E-state index contributed by atoms with van der Waals surface area (Å²) >= 11 is 0. The van der Waals surface area contributed by atoms with E-state index >= 15 is 8.78 Å². The van der Waals surface area contributed by atoms with E-state index in [0.717, 1.165) is 44.9 Å². The number of alkyl halides is 2. The van der Waals surface area contributed by atoms with Crippen LogP contribution in [0.4, 0.5) is 8.78 Å². The highest BCUT2D eigenvalue weighted by atomic mass is 19.3. The van der Waals surface area contributed by atoms with E-state index < -0.39 is 17.8 Å². The first-order chi connectivity index (χ1) is 13.2. The Bertz CT molecular complexity index is 577. The summed E-state index contributed by atoms with van der Waals surface area (Å²) in [6.45, 7) is 8.53. The van der Waals surface area contributed by atoms with Crippen LogP contribution in [0.15, 0.2) is 0 Å². The van der Waals surface area contributed by atoms with E-state index in [0.29, 0.717) is 12.3 Å². The minimum Gasteiger partial charge on any atom is -0.481 e. The van der Waals surface area contributed by atoms with Gasteiger partial charge in [-0.3, -0.25) is 4.79 Å². The molecule has 0 amide bonds. The average Bonchev–Trinajstić information content (AvgIpc) is 2.98. The smallest absolute Gasteiger partial charge is 0.303 e. The molecule has 7 unspecified atom stereocenters. The molecule has 0 aromatic carbocycles. The third-order valence-electron chi connectivity index (χ3n) is 9.48. The van der Waals surface area contributed by atoms with Crippen LogP contribution >= 0.6 is 0 Å². The molecule has 1 N–H and O–H groups in total. The molecule has 0 aromatic heterocycles. The third kappa shape index (κ3) is 3.41. The summed E-state index contributed by atoms with van der Waals surface area (Å²) in [6.07, 6.45) is 9.10. The van der Waals surface area contributed by atoms with Crippen molar-refractivity contribution in [3.8, 4) is 0 Å². The first kappa shape index (κ1) is 22.0. The van der Waals surface area contributed by atoms with Crippen LogP contribution in [-0.2, 0) is 4.79 Å². The van der Waals surface area contributed by atoms with Gasteiger partial charge >= 0.3 is 5.97 Å².